The highest BCUT2D eigenvalue weighted by atomic mass is 16.6. The molecular weight excluding hydrogens is 342 g/mol. The molecule has 0 spiro atoms. The lowest BCUT2D eigenvalue weighted by Crippen LogP contribution is -2.43. The zero-order valence-corrected chi connectivity index (χ0v) is 14.6. The van der Waals surface area contributed by atoms with E-state index in [0.29, 0.717) is 0 Å². The highest BCUT2D eigenvalue weighted by Gasteiger charge is 2.19. The fourth-order valence-corrected chi connectivity index (χ4v) is 2.29. The third-order valence-electron chi connectivity index (χ3n) is 3.43. The van der Waals surface area contributed by atoms with Gasteiger partial charge in [0, 0.05) is 17.3 Å². The molecule has 1 aromatic carbocycles. The molecular formula is C16H19N5O5. The number of hydrogen-bond acceptors (Lipinski definition) is 6. The SMILES string of the molecule is CCOc1ccc(C(=O)NNC(=O)Cn2nc(C)cc2C)cc1[N+](=O)[O-]. The number of hydrazine groups is 1. The molecule has 0 unspecified atom stereocenters. The molecule has 2 aromatic rings. The number of carbonyl (C=O) groups is 2. The molecule has 1 aromatic heterocycles. The number of aryl methyl sites for hydroxylation is 2. The summed E-state index contributed by atoms with van der Waals surface area (Å²) in [7, 11) is 0. The summed E-state index contributed by atoms with van der Waals surface area (Å²) in [5.41, 5.74) is 5.76. The van der Waals surface area contributed by atoms with Crippen molar-refractivity contribution in [2.24, 2.45) is 0 Å². The van der Waals surface area contributed by atoms with Gasteiger partial charge in [0.25, 0.3) is 11.8 Å². The molecule has 0 aliphatic rings. The van der Waals surface area contributed by atoms with E-state index >= 15 is 0 Å². The van der Waals surface area contributed by atoms with Crippen LogP contribution in [-0.2, 0) is 11.3 Å². The molecule has 2 amide bonds. The highest BCUT2D eigenvalue weighted by molar-refractivity contribution is 5.96. The summed E-state index contributed by atoms with van der Waals surface area (Å²) >= 11 is 0. The summed E-state index contributed by atoms with van der Waals surface area (Å²) in [5, 5.41) is 15.2. The minimum atomic E-state index is -0.683. The van der Waals surface area contributed by atoms with Crippen LogP contribution in [0.15, 0.2) is 24.3 Å². The average molecular weight is 361 g/mol. The minimum Gasteiger partial charge on any atom is -0.487 e. The topological polar surface area (TPSA) is 128 Å². The molecule has 0 saturated heterocycles. The number of carbonyl (C=O) groups excluding carboxylic acids is 2. The molecule has 0 bridgehead atoms. The molecule has 0 atom stereocenters. The number of nitro benzene ring substituents is 1. The van der Waals surface area contributed by atoms with Crippen molar-refractivity contribution in [3.05, 3.63) is 51.3 Å². The Morgan fingerprint density at radius 1 is 1.27 bits per heavy atom. The van der Waals surface area contributed by atoms with Crippen LogP contribution < -0.4 is 15.6 Å². The molecule has 0 fully saturated rings. The first-order valence-electron chi connectivity index (χ1n) is 7.83. The van der Waals surface area contributed by atoms with Crippen molar-refractivity contribution in [1.82, 2.24) is 20.6 Å². The maximum absolute atomic E-state index is 12.1. The second kappa shape index (κ2) is 8.10. The molecule has 1 heterocycles. The lowest BCUT2D eigenvalue weighted by atomic mass is 10.2. The van der Waals surface area contributed by atoms with Gasteiger partial charge in [0.2, 0.25) is 0 Å². The van der Waals surface area contributed by atoms with Crippen molar-refractivity contribution in [3.8, 4) is 5.75 Å². The van der Waals surface area contributed by atoms with E-state index in [1.165, 1.54) is 16.8 Å². The largest absolute Gasteiger partial charge is 0.487 e. The summed E-state index contributed by atoms with van der Waals surface area (Å²) in [5.74, 6) is -1.09. The summed E-state index contributed by atoms with van der Waals surface area (Å²) < 4.78 is 6.66. The van der Waals surface area contributed by atoms with E-state index < -0.39 is 16.7 Å². The molecule has 10 nitrogen and oxygen atoms in total. The van der Waals surface area contributed by atoms with Crippen LogP contribution in [0.5, 0.6) is 5.75 Å². The number of hydrogen-bond donors (Lipinski definition) is 2. The number of nitrogens with one attached hydrogen (secondary N) is 2. The number of nitrogens with zero attached hydrogens (tertiary/aromatic N) is 3. The standard InChI is InChI=1S/C16H19N5O5/c1-4-26-14-6-5-12(8-13(14)21(24)25)16(23)18-17-15(22)9-20-11(3)7-10(2)19-20/h5-8H,4,9H2,1-3H3,(H,17,22)(H,18,23). The third kappa shape index (κ3) is 4.56. The lowest BCUT2D eigenvalue weighted by Gasteiger charge is -2.09. The van der Waals surface area contributed by atoms with Crippen LogP contribution in [0.2, 0.25) is 0 Å². The van der Waals surface area contributed by atoms with Gasteiger partial charge in [-0.2, -0.15) is 5.10 Å². The quantitative estimate of drug-likeness (QED) is 0.589. The Balaban J connectivity index is 2.01. The van der Waals surface area contributed by atoms with E-state index in [1.807, 2.05) is 19.9 Å². The summed E-state index contributed by atoms with van der Waals surface area (Å²) in [6, 6.07) is 5.63. The van der Waals surface area contributed by atoms with E-state index in [4.69, 9.17) is 4.74 Å². The summed E-state index contributed by atoms with van der Waals surface area (Å²) in [6.45, 7) is 5.51. The number of nitro groups is 1. The number of benzene rings is 1. The van der Waals surface area contributed by atoms with Gasteiger partial charge in [-0.05, 0) is 39.0 Å². The zero-order valence-electron chi connectivity index (χ0n) is 14.6. The normalized spacial score (nSPS) is 10.3. The van der Waals surface area contributed by atoms with Gasteiger partial charge in [0.05, 0.1) is 17.2 Å². The molecule has 138 valence electrons. The van der Waals surface area contributed by atoms with Crippen LogP contribution >= 0.6 is 0 Å². The van der Waals surface area contributed by atoms with Gasteiger partial charge in [0.1, 0.15) is 6.54 Å². The Morgan fingerprint density at radius 3 is 2.58 bits per heavy atom. The average Bonchev–Trinajstić information content (AvgIpc) is 2.90. The zero-order chi connectivity index (χ0) is 19.3. The van der Waals surface area contributed by atoms with Crippen molar-refractivity contribution < 1.29 is 19.2 Å². The molecule has 0 radical (unpaired) electrons. The Morgan fingerprint density at radius 2 is 2.00 bits per heavy atom. The fourth-order valence-electron chi connectivity index (χ4n) is 2.29. The van der Waals surface area contributed by atoms with Crippen molar-refractivity contribution >= 4 is 17.5 Å². The van der Waals surface area contributed by atoms with Gasteiger partial charge in [-0.15, -0.1) is 0 Å². The van der Waals surface area contributed by atoms with Crippen molar-refractivity contribution in [2.75, 3.05) is 6.61 Å². The van der Waals surface area contributed by atoms with Crippen LogP contribution in [0.25, 0.3) is 0 Å². The third-order valence-corrected chi connectivity index (χ3v) is 3.43. The van der Waals surface area contributed by atoms with Gasteiger partial charge < -0.3 is 4.74 Å². The monoisotopic (exact) mass is 361 g/mol. The van der Waals surface area contributed by atoms with Crippen LogP contribution in [0.1, 0.15) is 28.7 Å². The Kier molecular flexibility index (Phi) is 5.89. The first kappa shape index (κ1) is 18.9. The predicted molar refractivity (Wildman–Crippen MR) is 91.6 cm³/mol. The minimum absolute atomic E-state index is 0.0200. The Hall–Kier alpha value is -3.43. The second-order valence-corrected chi connectivity index (χ2v) is 5.46. The fraction of sp³-hybridized carbons (Fsp3) is 0.312. The van der Waals surface area contributed by atoms with Crippen LogP contribution in [0.4, 0.5) is 5.69 Å². The van der Waals surface area contributed by atoms with E-state index in [0.717, 1.165) is 17.5 Å². The molecule has 2 N–H and O–H groups in total. The highest BCUT2D eigenvalue weighted by Crippen LogP contribution is 2.27. The van der Waals surface area contributed by atoms with Crippen molar-refractivity contribution in [3.63, 3.8) is 0 Å². The molecule has 0 aliphatic carbocycles. The maximum Gasteiger partial charge on any atom is 0.311 e. The molecule has 0 saturated carbocycles. The number of rotatable bonds is 6. The number of aromatic nitrogens is 2. The predicted octanol–water partition coefficient (Wildman–Crippen LogP) is 1.27. The van der Waals surface area contributed by atoms with Crippen molar-refractivity contribution in [2.45, 2.75) is 27.3 Å². The molecule has 10 heteroatoms. The van der Waals surface area contributed by atoms with E-state index in [2.05, 4.69) is 16.0 Å². The van der Waals surface area contributed by atoms with E-state index in [9.17, 15) is 19.7 Å². The van der Waals surface area contributed by atoms with Gasteiger partial charge in [0.15, 0.2) is 5.75 Å². The lowest BCUT2D eigenvalue weighted by molar-refractivity contribution is -0.385. The number of amides is 2. The van der Waals surface area contributed by atoms with E-state index in [-0.39, 0.29) is 30.2 Å². The van der Waals surface area contributed by atoms with Crippen LogP contribution in [-0.4, -0.2) is 33.1 Å². The number of ether oxygens (including phenoxy) is 1. The Bertz CT molecular complexity index is 846. The Labute approximate surface area is 149 Å². The van der Waals surface area contributed by atoms with Crippen LogP contribution in [0.3, 0.4) is 0 Å². The van der Waals surface area contributed by atoms with Crippen LogP contribution in [0, 0.1) is 24.0 Å². The van der Waals surface area contributed by atoms with Gasteiger partial charge in [-0.3, -0.25) is 35.2 Å². The maximum atomic E-state index is 12.1. The molecule has 26 heavy (non-hydrogen) atoms. The first-order chi connectivity index (χ1) is 12.3. The van der Waals surface area contributed by atoms with Gasteiger partial charge >= 0.3 is 5.69 Å². The summed E-state index contributed by atoms with van der Waals surface area (Å²) in [6.07, 6.45) is 0. The summed E-state index contributed by atoms with van der Waals surface area (Å²) in [4.78, 5) is 34.5. The van der Waals surface area contributed by atoms with Crippen molar-refractivity contribution in [1.29, 1.82) is 0 Å². The molecule has 2 rings (SSSR count). The van der Waals surface area contributed by atoms with Gasteiger partial charge in [-0.1, -0.05) is 0 Å². The van der Waals surface area contributed by atoms with E-state index in [1.54, 1.807) is 6.92 Å². The first-order valence-corrected chi connectivity index (χ1v) is 7.83. The molecule has 0 aliphatic heterocycles. The smallest absolute Gasteiger partial charge is 0.311 e. The second-order valence-electron chi connectivity index (χ2n) is 5.46. The van der Waals surface area contributed by atoms with Gasteiger partial charge in [-0.25, -0.2) is 0 Å².